The van der Waals surface area contributed by atoms with Crippen LogP contribution in [0.5, 0.6) is 0 Å². The maximum atomic E-state index is 12.9. The number of carbonyl (C=O) groups is 5. The molecule has 2 saturated carbocycles. The number of aryl methyl sites for hydroxylation is 1. The van der Waals surface area contributed by atoms with Crippen LogP contribution in [0.2, 0.25) is 10.0 Å². The number of halogens is 2. The number of para-hydroxylation sites is 10. The molecule has 11 aromatic carbocycles. The SMILES string of the molecule is CC(C)(C)C(=O)Nc1cccc2sc(Nc3ccccc3)nc12.Cc1nnsc1C(=O)Nc1cccc2sc(Nc3ccccc3)nc12.O=C(CC1CCCCC1)Nc1cccc2sc(Nc3ccccc3)nc12.O=C(Nc1cccc2sc(Nc3ccccc3)nc12)C1CCCCCC1.O=C(Nc1cccc2sc(Nc3ccccc3)nc12)c1cc2c(Cl)cc(Cl)cc2[nH]1. The summed E-state index contributed by atoms with van der Waals surface area (Å²) in [7, 11) is 0. The number of nitrogens with one attached hydrogen (secondary N) is 11. The van der Waals surface area contributed by atoms with Gasteiger partial charge in [0.2, 0.25) is 17.7 Å². The normalized spacial score (nSPS) is 12.8. The summed E-state index contributed by atoms with van der Waals surface area (Å²) in [5.41, 5.74) is 13.9. The molecule has 11 N–H and O–H groups in total. The monoisotopic (exact) mass is 1870 g/mol. The molecule has 0 radical (unpaired) electrons. The number of aromatic amines is 1. The molecule has 0 unspecified atom stereocenters. The highest BCUT2D eigenvalue weighted by Gasteiger charge is 2.26. The highest BCUT2D eigenvalue weighted by atomic mass is 35.5. The maximum Gasteiger partial charge on any atom is 0.272 e. The van der Waals surface area contributed by atoms with E-state index in [1.54, 1.807) is 59.1 Å². The number of hydrogen-bond acceptors (Lipinski definition) is 23. The Morgan fingerprint density at radius 3 is 1.11 bits per heavy atom. The van der Waals surface area contributed by atoms with Gasteiger partial charge in [0.05, 0.1) is 62.7 Å². The number of nitrogens with zero attached hydrogens (tertiary/aromatic N) is 7. The summed E-state index contributed by atoms with van der Waals surface area (Å²) in [6.45, 7) is 7.45. The van der Waals surface area contributed by atoms with E-state index in [0.29, 0.717) is 55.5 Å². The third-order valence-corrected chi connectivity index (χ3v) is 27.4. The number of fused-ring (bicyclic) bond motifs is 6. The lowest BCUT2D eigenvalue weighted by molar-refractivity contribution is -0.123. The zero-order valence-corrected chi connectivity index (χ0v) is 77.8. The maximum absolute atomic E-state index is 12.9. The Hall–Kier alpha value is -13.1. The van der Waals surface area contributed by atoms with Gasteiger partial charge in [-0.25, -0.2) is 24.9 Å². The smallest absolute Gasteiger partial charge is 0.272 e. The van der Waals surface area contributed by atoms with Crippen LogP contribution in [-0.4, -0.2) is 69.0 Å². The van der Waals surface area contributed by atoms with Gasteiger partial charge in [-0.1, -0.05) is 271 Å². The van der Waals surface area contributed by atoms with Gasteiger partial charge < -0.3 is 58.2 Å². The first kappa shape index (κ1) is 90.3. The number of carbonyl (C=O) groups excluding carboxylic acids is 5. The van der Waals surface area contributed by atoms with Gasteiger partial charge in [-0.2, -0.15) is 0 Å². The lowest BCUT2D eigenvalue weighted by atomic mass is 9.87. The van der Waals surface area contributed by atoms with Crippen LogP contribution in [0.3, 0.4) is 0 Å². The van der Waals surface area contributed by atoms with E-state index in [0.717, 1.165) is 165 Å². The molecule has 31 heteroatoms. The van der Waals surface area contributed by atoms with Crippen molar-refractivity contribution in [3.63, 3.8) is 0 Å². The first-order valence-corrected chi connectivity index (χ1v) is 48.3. The van der Waals surface area contributed by atoms with Gasteiger partial charge >= 0.3 is 0 Å². The topological polar surface area (TPSA) is 312 Å². The molecule has 2 aliphatic carbocycles. The minimum absolute atomic E-state index is 0.0180. The fourth-order valence-corrected chi connectivity index (χ4v) is 20.4. The summed E-state index contributed by atoms with van der Waals surface area (Å²) < 4.78 is 8.95. The Bertz CT molecular complexity index is 6950. The van der Waals surface area contributed by atoms with Crippen molar-refractivity contribution in [2.45, 2.75) is 105 Å². The van der Waals surface area contributed by atoms with Crippen LogP contribution < -0.4 is 53.2 Å². The largest absolute Gasteiger partial charge is 0.350 e. The van der Waals surface area contributed by atoms with Crippen LogP contribution in [0.15, 0.2) is 261 Å². The number of H-pyrrole nitrogens is 1. The van der Waals surface area contributed by atoms with Gasteiger partial charge in [0.1, 0.15) is 38.2 Å². The summed E-state index contributed by atoms with van der Waals surface area (Å²) in [6, 6.07) is 83.9. The summed E-state index contributed by atoms with van der Waals surface area (Å²) in [5, 5.41) is 41.2. The van der Waals surface area contributed by atoms with Crippen LogP contribution in [0.1, 0.15) is 124 Å². The van der Waals surface area contributed by atoms with Crippen molar-refractivity contribution < 1.29 is 24.0 Å². The average Bonchev–Trinajstić information content (AvgIpc) is 1.67. The lowest BCUT2D eigenvalue weighted by Gasteiger charge is -2.20. The van der Waals surface area contributed by atoms with Gasteiger partial charge in [0, 0.05) is 62.1 Å². The van der Waals surface area contributed by atoms with Crippen molar-refractivity contribution in [2.75, 3.05) is 53.2 Å². The molecule has 18 aromatic rings. The molecule has 7 aromatic heterocycles. The quantitative estimate of drug-likeness (QED) is 0.0316. The highest BCUT2D eigenvalue weighted by Crippen LogP contribution is 2.41. The van der Waals surface area contributed by atoms with Crippen molar-refractivity contribution >= 4 is 265 Å². The molecule has 23 nitrogen and oxygen atoms in total. The van der Waals surface area contributed by atoms with Crippen molar-refractivity contribution in [3.8, 4) is 0 Å². The number of rotatable bonds is 20. The predicted octanol–water partition coefficient (Wildman–Crippen LogP) is 28.5. The zero-order valence-electron chi connectivity index (χ0n) is 71.3. The molecule has 0 saturated heterocycles. The van der Waals surface area contributed by atoms with E-state index < -0.39 is 5.41 Å². The van der Waals surface area contributed by atoms with Crippen molar-refractivity contribution in [1.29, 1.82) is 0 Å². The Labute approximate surface area is 785 Å². The van der Waals surface area contributed by atoms with Crippen molar-refractivity contribution in [2.24, 2.45) is 17.3 Å². The second-order valence-corrected chi connectivity index (χ2v) is 38.8. The third kappa shape index (κ3) is 23.9. The summed E-state index contributed by atoms with van der Waals surface area (Å²) in [5.74, 6) is 0.402. The van der Waals surface area contributed by atoms with Gasteiger partial charge in [0.25, 0.3) is 11.8 Å². The van der Waals surface area contributed by atoms with E-state index in [2.05, 4.69) is 82.7 Å². The minimum atomic E-state index is -0.441. The van der Waals surface area contributed by atoms with Gasteiger partial charge in [-0.05, 0) is 190 Å². The van der Waals surface area contributed by atoms with E-state index in [1.165, 1.54) is 67.6 Å². The number of benzene rings is 11. The Kier molecular flexibility index (Phi) is 29.8. The predicted molar refractivity (Wildman–Crippen MR) is 543 cm³/mol. The second-order valence-electron chi connectivity index (χ2n) is 32.1. The minimum Gasteiger partial charge on any atom is -0.350 e. The summed E-state index contributed by atoms with van der Waals surface area (Å²) in [6.07, 6.45) is 13.6. The standard InChI is InChI=1S/C22H14Cl2N4OS.2C21H23N3OS.C18H19N3OS.C17H13N5OS2/c23-12-9-15(24)14-11-18(26-17(14)10-12)21(29)27-16-7-4-8-19-20(16)28-22(30-19)25-13-5-2-1-3-6-13;25-19(14-15-8-3-1-4-9-15)23-17-12-7-13-18-20(17)24-21(26-18)22-16-10-5-2-6-11-16;25-20(15-9-4-1-2-5-10-15)23-17-13-8-14-18-19(17)24-21(26-18)22-16-11-6-3-7-12-16;1-18(2,3)16(22)20-13-10-7-11-14-15(13)21-17(23-14)19-12-8-5-4-6-9-12;1-10-15(25-22-21-10)16(23)19-12-8-5-9-13-14(12)20-17(24-13)18-11-6-3-2-4-7-11/h1-11,26H,(H,25,28)(H,27,29);2,5-7,10-13,15H,1,3-4,8-9,14H2,(H,22,24)(H,23,25);3,6-8,11-15H,1-2,4-5,9-10H2,(H,22,24)(H,23,25);4-11H,1-3H3,(H,19,21)(H,20,22);2-9H,1H3,(H,18,20)(H,19,23). The molecule has 0 bridgehead atoms. The summed E-state index contributed by atoms with van der Waals surface area (Å²) in [4.78, 5) is 89.6. The van der Waals surface area contributed by atoms with E-state index in [-0.39, 0.29) is 35.5 Å². The molecule has 0 atom stereocenters. The molecule has 658 valence electrons. The van der Waals surface area contributed by atoms with E-state index in [1.807, 2.05) is 263 Å². The second kappa shape index (κ2) is 42.9. The molecule has 5 amide bonds. The number of aromatic nitrogens is 8. The Morgan fingerprint density at radius 1 is 0.392 bits per heavy atom. The van der Waals surface area contributed by atoms with Crippen LogP contribution in [0.25, 0.3) is 62.0 Å². The fraction of sp³-hybridized carbons (Fsp3) is 0.192. The molecular formula is C99H92Cl2N18O5S6. The highest BCUT2D eigenvalue weighted by molar-refractivity contribution is 7.24. The molecular weight excluding hydrogens is 1780 g/mol. The lowest BCUT2D eigenvalue weighted by Crippen LogP contribution is -2.27. The molecule has 130 heavy (non-hydrogen) atoms. The number of anilines is 15. The van der Waals surface area contributed by atoms with Crippen molar-refractivity contribution in [1.82, 2.24) is 39.5 Å². The number of amides is 5. The average molecular weight is 1880 g/mol. The third-order valence-electron chi connectivity index (χ3n) is 21.4. The zero-order chi connectivity index (χ0) is 89.9. The van der Waals surface area contributed by atoms with Gasteiger partial charge in [-0.15, -0.1) is 5.10 Å². The van der Waals surface area contributed by atoms with Crippen LogP contribution in [0.4, 0.5) is 82.5 Å². The first-order chi connectivity index (χ1) is 63.3. The van der Waals surface area contributed by atoms with Crippen LogP contribution in [0, 0.1) is 24.2 Å². The molecule has 0 spiro atoms. The van der Waals surface area contributed by atoms with Crippen molar-refractivity contribution in [3.05, 3.63) is 287 Å². The Balaban J connectivity index is 0.000000119. The molecule has 0 aliphatic heterocycles. The number of thiazole rings is 5. The van der Waals surface area contributed by atoms with Gasteiger partial charge in [0.15, 0.2) is 25.7 Å². The molecule has 7 heterocycles. The number of hydrogen-bond donors (Lipinski definition) is 11. The molecule has 2 fully saturated rings. The van der Waals surface area contributed by atoms with Crippen LogP contribution in [-0.2, 0) is 14.4 Å². The first-order valence-electron chi connectivity index (χ1n) is 42.7. The Morgan fingerprint density at radius 2 is 0.738 bits per heavy atom. The van der Waals surface area contributed by atoms with Gasteiger partial charge in [-0.3, -0.25) is 24.0 Å². The van der Waals surface area contributed by atoms with Crippen LogP contribution >= 0.6 is 91.4 Å². The fourth-order valence-electron chi connectivity index (χ4n) is 14.8. The molecule has 2 aliphatic rings. The van der Waals surface area contributed by atoms with E-state index in [4.69, 9.17) is 33.2 Å². The van der Waals surface area contributed by atoms with E-state index in [9.17, 15) is 24.0 Å². The van der Waals surface area contributed by atoms with E-state index >= 15 is 0 Å². The molecule has 20 rings (SSSR count). The summed E-state index contributed by atoms with van der Waals surface area (Å²) >= 11 is 21.2.